The van der Waals surface area contributed by atoms with E-state index in [0.29, 0.717) is 32.5 Å². The molecule has 0 saturated carbocycles. The van der Waals surface area contributed by atoms with Crippen molar-refractivity contribution >= 4 is 55.7 Å². The molecule has 0 aliphatic carbocycles. The quantitative estimate of drug-likeness (QED) is 0.530. The van der Waals surface area contributed by atoms with Crippen LogP contribution in [0.3, 0.4) is 0 Å². The van der Waals surface area contributed by atoms with Gasteiger partial charge in [-0.15, -0.1) is 0 Å². The van der Waals surface area contributed by atoms with Crippen molar-refractivity contribution in [3.8, 4) is 0 Å². The fourth-order valence-electron chi connectivity index (χ4n) is 2.00. The maximum Gasteiger partial charge on any atom is 0.309 e. The second kappa shape index (κ2) is 5.84. The third-order valence-electron chi connectivity index (χ3n) is 2.78. The van der Waals surface area contributed by atoms with E-state index in [2.05, 4.69) is 20.9 Å². The molecule has 0 amide bonds. The minimum Gasteiger partial charge on any atom is -0.258 e. The molecule has 0 fully saturated rings. The molecule has 0 spiro atoms. The predicted octanol–water partition coefficient (Wildman–Crippen LogP) is 5.41. The number of benzene rings is 1. The van der Waals surface area contributed by atoms with Crippen LogP contribution < -0.4 is 0 Å². The summed E-state index contributed by atoms with van der Waals surface area (Å²) in [4.78, 5) is 15.1. The van der Waals surface area contributed by atoms with Gasteiger partial charge in [0.05, 0.1) is 15.5 Å². The first-order valence-electron chi connectivity index (χ1n) is 5.92. The van der Waals surface area contributed by atoms with Gasteiger partial charge in [0.15, 0.2) is 0 Å². The largest absolute Gasteiger partial charge is 0.309 e. The lowest BCUT2D eigenvalue weighted by Gasteiger charge is -2.10. The molecule has 0 unspecified atom stereocenters. The summed E-state index contributed by atoms with van der Waals surface area (Å²) in [6.07, 6.45) is 0.471. The highest BCUT2D eigenvalue weighted by molar-refractivity contribution is 9.10. The fraction of sp³-hybridized carbons (Fsp3) is 0.308. The Morgan fingerprint density at radius 3 is 2.60 bits per heavy atom. The van der Waals surface area contributed by atoms with Crippen LogP contribution in [-0.4, -0.2) is 9.91 Å². The van der Waals surface area contributed by atoms with E-state index in [4.69, 9.17) is 23.2 Å². The summed E-state index contributed by atoms with van der Waals surface area (Å²) in [5.74, 6) is 0.226. The zero-order chi connectivity index (χ0) is 15.0. The van der Waals surface area contributed by atoms with E-state index >= 15 is 0 Å². The minimum atomic E-state index is -0.485. The van der Waals surface area contributed by atoms with Gasteiger partial charge in [0, 0.05) is 9.86 Å². The normalized spacial score (nSPS) is 11.3. The summed E-state index contributed by atoms with van der Waals surface area (Å²) < 4.78 is 0.699. The van der Waals surface area contributed by atoms with E-state index in [-0.39, 0.29) is 16.6 Å². The average Bonchev–Trinajstić information content (AvgIpc) is 2.29. The molecule has 2 rings (SSSR count). The maximum absolute atomic E-state index is 11.3. The smallest absolute Gasteiger partial charge is 0.258 e. The van der Waals surface area contributed by atoms with Crippen LogP contribution in [0.5, 0.6) is 0 Å². The number of hydrogen-bond acceptors (Lipinski definition) is 3. The van der Waals surface area contributed by atoms with E-state index in [1.54, 1.807) is 12.1 Å². The molecule has 0 aliphatic heterocycles. The first-order valence-corrected chi connectivity index (χ1v) is 7.47. The molecule has 0 atom stereocenters. The molecule has 7 heteroatoms. The lowest BCUT2D eigenvalue weighted by Crippen LogP contribution is -2.04. The highest BCUT2D eigenvalue weighted by Gasteiger charge is 2.25. The van der Waals surface area contributed by atoms with Gasteiger partial charge >= 0.3 is 5.69 Å². The lowest BCUT2D eigenvalue weighted by atomic mass is 10.0. The number of aromatic nitrogens is 1. The van der Waals surface area contributed by atoms with Crippen molar-refractivity contribution in [1.29, 1.82) is 0 Å². The monoisotopic (exact) mass is 376 g/mol. The predicted molar refractivity (Wildman–Crippen MR) is 84.7 cm³/mol. The Morgan fingerprint density at radius 2 is 2.05 bits per heavy atom. The van der Waals surface area contributed by atoms with Gasteiger partial charge in [-0.25, -0.2) is 4.98 Å². The molecule has 0 saturated heterocycles. The van der Waals surface area contributed by atoms with Crippen LogP contribution in [0.25, 0.3) is 10.9 Å². The molecule has 106 valence electrons. The summed E-state index contributed by atoms with van der Waals surface area (Å²) in [6.45, 7) is 3.93. The molecule has 1 heterocycles. The maximum atomic E-state index is 11.3. The van der Waals surface area contributed by atoms with Crippen molar-refractivity contribution in [2.75, 3.05) is 0 Å². The molecular weight excluding hydrogens is 367 g/mol. The van der Waals surface area contributed by atoms with Crippen LogP contribution in [0.4, 0.5) is 5.69 Å². The Labute approximate surface area is 134 Å². The molecule has 0 bridgehead atoms. The van der Waals surface area contributed by atoms with Crippen molar-refractivity contribution in [1.82, 2.24) is 4.98 Å². The number of nitro groups is 1. The molecule has 0 aliphatic rings. The molecule has 0 N–H and O–H groups in total. The second-order valence-electron chi connectivity index (χ2n) is 4.86. The Balaban J connectivity index is 2.85. The first-order chi connectivity index (χ1) is 9.31. The first kappa shape index (κ1) is 15.5. The van der Waals surface area contributed by atoms with Crippen LogP contribution >= 0.6 is 39.1 Å². The van der Waals surface area contributed by atoms with Gasteiger partial charge < -0.3 is 0 Å². The third-order valence-corrected chi connectivity index (χ3v) is 3.91. The second-order valence-corrected chi connectivity index (χ2v) is 6.56. The number of fused-ring (bicyclic) bond motifs is 1. The molecular formula is C13H11BrCl2N2O2. The lowest BCUT2D eigenvalue weighted by molar-refractivity contribution is -0.385. The van der Waals surface area contributed by atoms with Crippen LogP contribution in [-0.2, 0) is 6.42 Å². The Bertz CT molecular complexity index is 705. The molecule has 1 aromatic heterocycles. The van der Waals surface area contributed by atoms with E-state index in [1.807, 2.05) is 13.8 Å². The summed E-state index contributed by atoms with van der Waals surface area (Å²) in [6, 6.07) is 3.38. The van der Waals surface area contributed by atoms with E-state index in [9.17, 15) is 10.1 Å². The Kier molecular flexibility index (Phi) is 4.52. The summed E-state index contributed by atoms with van der Waals surface area (Å²) >= 11 is 15.7. The number of halogens is 3. The highest BCUT2D eigenvalue weighted by Crippen LogP contribution is 2.38. The van der Waals surface area contributed by atoms with Crippen LogP contribution in [0.15, 0.2) is 16.6 Å². The van der Waals surface area contributed by atoms with Crippen molar-refractivity contribution < 1.29 is 4.92 Å². The van der Waals surface area contributed by atoms with Crippen molar-refractivity contribution in [3.63, 3.8) is 0 Å². The number of rotatable bonds is 3. The number of pyridine rings is 1. The van der Waals surface area contributed by atoms with E-state index < -0.39 is 4.92 Å². The summed E-state index contributed by atoms with van der Waals surface area (Å²) in [7, 11) is 0. The van der Waals surface area contributed by atoms with Gasteiger partial charge in [-0.2, -0.15) is 0 Å². The van der Waals surface area contributed by atoms with Crippen LogP contribution in [0, 0.1) is 16.0 Å². The van der Waals surface area contributed by atoms with Crippen molar-refractivity contribution in [2.24, 2.45) is 5.92 Å². The average molecular weight is 378 g/mol. The van der Waals surface area contributed by atoms with E-state index in [1.165, 1.54) is 0 Å². The molecule has 20 heavy (non-hydrogen) atoms. The minimum absolute atomic E-state index is 0.0823. The molecule has 4 nitrogen and oxygen atoms in total. The summed E-state index contributed by atoms with van der Waals surface area (Å²) in [5.41, 5.74) is 0.717. The van der Waals surface area contributed by atoms with Gasteiger partial charge in [-0.3, -0.25) is 10.1 Å². The van der Waals surface area contributed by atoms with Gasteiger partial charge in [0.1, 0.15) is 10.7 Å². The zero-order valence-corrected chi connectivity index (χ0v) is 13.9. The standard InChI is InChI=1S/C13H11BrCl2N2O2/c1-6(2)3-10-13(18(19)20)11(16)8-4-7(14)5-9(15)12(8)17-10/h4-6H,3H2,1-2H3. The molecule has 2 aromatic rings. The van der Waals surface area contributed by atoms with Gasteiger partial charge in [0.2, 0.25) is 0 Å². The Morgan fingerprint density at radius 1 is 1.40 bits per heavy atom. The molecule has 1 aromatic carbocycles. The third kappa shape index (κ3) is 2.90. The Hall–Kier alpha value is -0.910. The molecule has 0 radical (unpaired) electrons. The topological polar surface area (TPSA) is 56.0 Å². The van der Waals surface area contributed by atoms with Crippen molar-refractivity contribution in [3.05, 3.63) is 42.5 Å². The van der Waals surface area contributed by atoms with Gasteiger partial charge in [-0.1, -0.05) is 53.0 Å². The zero-order valence-electron chi connectivity index (χ0n) is 10.8. The van der Waals surface area contributed by atoms with Crippen molar-refractivity contribution in [2.45, 2.75) is 20.3 Å². The number of hydrogen-bond donors (Lipinski definition) is 0. The van der Waals surface area contributed by atoms with Gasteiger partial charge in [-0.05, 0) is 24.5 Å². The highest BCUT2D eigenvalue weighted by atomic mass is 79.9. The summed E-state index contributed by atoms with van der Waals surface area (Å²) in [5, 5.41) is 12.2. The van der Waals surface area contributed by atoms with Gasteiger partial charge in [0.25, 0.3) is 0 Å². The number of nitrogens with zero attached hydrogens (tertiary/aromatic N) is 2. The van der Waals surface area contributed by atoms with E-state index in [0.717, 1.165) is 0 Å². The van der Waals surface area contributed by atoms with Crippen LogP contribution in [0.2, 0.25) is 10.0 Å². The van der Waals surface area contributed by atoms with Crippen LogP contribution in [0.1, 0.15) is 19.5 Å². The SMILES string of the molecule is CC(C)Cc1nc2c(Cl)cc(Br)cc2c(Cl)c1[N+](=O)[O-]. The fourth-order valence-corrected chi connectivity index (χ4v) is 3.18.